The third kappa shape index (κ3) is 4.40. The molecule has 0 bridgehead atoms. The smallest absolute Gasteiger partial charge is 0.211 e. The number of aromatic hydroxyl groups is 1. The molecule has 0 aliphatic heterocycles. The van der Waals surface area contributed by atoms with E-state index in [1.54, 1.807) is 6.92 Å². The van der Waals surface area contributed by atoms with Crippen molar-refractivity contribution >= 4 is 6.29 Å². The Morgan fingerprint density at radius 3 is 2.58 bits per heavy atom. The summed E-state index contributed by atoms with van der Waals surface area (Å²) in [7, 11) is 0. The molecule has 0 aromatic carbocycles. The summed E-state index contributed by atoms with van der Waals surface area (Å²) in [6.45, 7) is 1.93. The number of hydrogen-bond donors (Lipinski definition) is 2. The van der Waals surface area contributed by atoms with Crippen LogP contribution >= 0.6 is 0 Å². The Labute approximate surface area is 70.5 Å². The standard InChI is InChI=1S/C6H5NO2.C2H6O/c8-4-5-1-2-7-6(9)3-5;1-2-3/h1-4H,(H,7,9);3H,2H2,1H3. The fraction of sp³-hybridized carbons (Fsp3) is 0.250. The Bertz CT molecular complexity index is 237. The van der Waals surface area contributed by atoms with Gasteiger partial charge in [0, 0.05) is 24.4 Å². The molecule has 1 aromatic rings. The molecule has 0 radical (unpaired) electrons. The van der Waals surface area contributed by atoms with E-state index in [4.69, 9.17) is 10.2 Å². The van der Waals surface area contributed by atoms with E-state index < -0.39 is 0 Å². The minimum Gasteiger partial charge on any atom is -0.493 e. The van der Waals surface area contributed by atoms with E-state index in [0.717, 1.165) is 0 Å². The zero-order chi connectivity index (χ0) is 9.40. The molecule has 0 aliphatic rings. The first kappa shape index (κ1) is 10.6. The molecule has 0 unspecified atom stereocenters. The number of aliphatic hydroxyl groups is 1. The van der Waals surface area contributed by atoms with Gasteiger partial charge in [-0.05, 0) is 13.0 Å². The van der Waals surface area contributed by atoms with E-state index in [0.29, 0.717) is 11.8 Å². The molecule has 4 nitrogen and oxygen atoms in total. The van der Waals surface area contributed by atoms with Crippen molar-refractivity contribution in [3.63, 3.8) is 0 Å². The molecule has 0 fully saturated rings. The number of aldehydes is 1. The van der Waals surface area contributed by atoms with Crippen LogP contribution in [-0.2, 0) is 0 Å². The van der Waals surface area contributed by atoms with Gasteiger partial charge in [0.1, 0.15) is 6.29 Å². The number of hydrogen-bond acceptors (Lipinski definition) is 4. The van der Waals surface area contributed by atoms with E-state index in [2.05, 4.69) is 4.98 Å². The molecule has 12 heavy (non-hydrogen) atoms. The van der Waals surface area contributed by atoms with Crippen molar-refractivity contribution in [2.45, 2.75) is 6.92 Å². The predicted molar refractivity (Wildman–Crippen MR) is 44.0 cm³/mol. The Balaban J connectivity index is 0.000000354. The molecule has 0 atom stereocenters. The van der Waals surface area contributed by atoms with E-state index in [1.807, 2.05) is 0 Å². The quantitative estimate of drug-likeness (QED) is 0.604. The molecule has 0 amide bonds. The molecule has 0 spiro atoms. The molecule has 0 saturated heterocycles. The van der Waals surface area contributed by atoms with Gasteiger partial charge < -0.3 is 10.2 Å². The fourth-order valence-electron chi connectivity index (χ4n) is 0.507. The van der Waals surface area contributed by atoms with Gasteiger partial charge in [-0.15, -0.1) is 0 Å². The second kappa shape index (κ2) is 6.30. The van der Waals surface area contributed by atoms with Gasteiger partial charge in [0.05, 0.1) is 0 Å². The lowest BCUT2D eigenvalue weighted by atomic mass is 10.3. The first-order chi connectivity index (χ1) is 5.74. The normalized spacial score (nSPS) is 8.17. The lowest BCUT2D eigenvalue weighted by Gasteiger charge is -1.88. The lowest BCUT2D eigenvalue weighted by molar-refractivity contribution is 0.112. The number of aliphatic hydroxyl groups excluding tert-OH is 1. The van der Waals surface area contributed by atoms with E-state index in [-0.39, 0.29) is 12.5 Å². The molecule has 0 saturated carbocycles. The molecule has 1 aromatic heterocycles. The van der Waals surface area contributed by atoms with E-state index in [9.17, 15) is 4.79 Å². The highest BCUT2D eigenvalue weighted by Gasteiger charge is 1.89. The third-order valence-electron chi connectivity index (χ3n) is 0.906. The molecule has 66 valence electrons. The van der Waals surface area contributed by atoms with Crippen LogP contribution < -0.4 is 0 Å². The van der Waals surface area contributed by atoms with Crippen molar-refractivity contribution in [1.82, 2.24) is 4.98 Å². The number of nitrogens with zero attached hydrogens (tertiary/aromatic N) is 1. The minimum absolute atomic E-state index is 0.125. The van der Waals surface area contributed by atoms with Gasteiger partial charge >= 0.3 is 0 Å². The number of rotatable bonds is 1. The lowest BCUT2D eigenvalue weighted by Crippen LogP contribution is -1.79. The largest absolute Gasteiger partial charge is 0.493 e. The maximum Gasteiger partial charge on any atom is 0.211 e. The highest BCUT2D eigenvalue weighted by Crippen LogP contribution is 2.03. The topological polar surface area (TPSA) is 70.4 Å². The summed E-state index contributed by atoms with van der Waals surface area (Å²) in [5.74, 6) is -0.125. The van der Waals surface area contributed by atoms with Crippen LogP contribution in [-0.4, -0.2) is 28.1 Å². The van der Waals surface area contributed by atoms with Crippen LogP contribution in [0.4, 0.5) is 0 Å². The highest BCUT2D eigenvalue weighted by molar-refractivity contribution is 5.74. The van der Waals surface area contributed by atoms with Crippen LogP contribution in [0.5, 0.6) is 5.88 Å². The monoisotopic (exact) mass is 169 g/mol. The van der Waals surface area contributed by atoms with Crippen LogP contribution in [0.3, 0.4) is 0 Å². The summed E-state index contributed by atoms with van der Waals surface area (Å²) in [6, 6.07) is 2.82. The van der Waals surface area contributed by atoms with Crippen molar-refractivity contribution < 1.29 is 15.0 Å². The van der Waals surface area contributed by atoms with Gasteiger partial charge in [-0.1, -0.05) is 0 Å². The second-order valence-corrected chi connectivity index (χ2v) is 1.88. The SMILES string of the molecule is CCO.O=Cc1ccnc(O)c1. The Morgan fingerprint density at radius 2 is 2.25 bits per heavy atom. The van der Waals surface area contributed by atoms with Crippen molar-refractivity contribution in [2.75, 3.05) is 6.61 Å². The van der Waals surface area contributed by atoms with Crippen molar-refractivity contribution in [2.24, 2.45) is 0 Å². The van der Waals surface area contributed by atoms with Gasteiger partial charge in [0.2, 0.25) is 5.88 Å². The van der Waals surface area contributed by atoms with Gasteiger partial charge in [-0.25, -0.2) is 4.98 Å². The molecule has 4 heteroatoms. The summed E-state index contributed by atoms with van der Waals surface area (Å²) in [5, 5.41) is 16.2. The second-order valence-electron chi connectivity index (χ2n) is 1.88. The number of aromatic nitrogens is 1. The predicted octanol–water partition coefficient (Wildman–Crippen LogP) is 0.598. The molecule has 2 N–H and O–H groups in total. The summed E-state index contributed by atoms with van der Waals surface area (Å²) in [4.78, 5) is 13.5. The summed E-state index contributed by atoms with van der Waals surface area (Å²) < 4.78 is 0. The maximum absolute atomic E-state index is 10.0. The minimum atomic E-state index is -0.125. The zero-order valence-corrected chi connectivity index (χ0v) is 6.77. The number of pyridine rings is 1. The summed E-state index contributed by atoms with van der Waals surface area (Å²) in [5.41, 5.74) is 0.433. The Hall–Kier alpha value is -1.42. The van der Waals surface area contributed by atoms with Crippen LogP contribution in [0.2, 0.25) is 0 Å². The van der Waals surface area contributed by atoms with Crippen molar-refractivity contribution in [3.8, 4) is 5.88 Å². The first-order valence-corrected chi connectivity index (χ1v) is 3.45. The molecule has 0 aliphatic carbocycles. The van der Waals surface area contributed by atoms with Crippen molar-refractivity contribution in [1.29, 1.82) is 0 Å². The third-order valence-corrected chi connectivity index (χ3v) is 0.906. The van der Waals surface area contributed by atoms with Crippen molar-refractivity contribution in [3.05, 3.63) is 23.9 Å². The van der Waals surface area contributed by atoms with Crippen LogP contribution in [0.1, 0.15) is 17.3 Å². The number of carbonyl (C=O) groups excluding carboxylic acids is 1. The van der Waals surface area contributed by atoms with Gasteiger partial charge in [-0.2, -0.15) is 0 Å². The average molecular weight is 169 g/mol. The van der Waals surface area contributed by atoms with Gasteiger partial charge in [0.25, 0.3) is 0 Å². The average Bonchev–Trinajstić information content (AvgIpc) is 2.06. The van der Waals surface area contributed by atoms with Crippen LogP contribution in [0.25, 0.3) is 0 Å². The summed E-state index contributed by atoms with van der Waals surface area (Å²) >= 11 is 0. The number of carbonyl (C=O) groups is 1. The zero-order valence-electron chi connectivity index (χ0n) is 6.77. The Kier molecular flexibility index (Phi) is 5.55. The first-order valence-electron chi connectivity index (χ1n) is 3.45. The van der Waals surface area contributed by atoms with Gasteiger partial charge in [-0.3, -0.25) is 4.79 Å². The van der Waals surface area contributed by atoms with E-state index in [1.165, 1.54) is 18.3 Å². The van der Waals surface area contributed by atoms with E-state index >= 15 is 0 Å². The molecule has 1 heterocycles. The van der Waals surface area contributed by atoms with Crippen LogP contribution in [0.15, 0.2) is 18.3 Å². The molecular weight excluding hydrogens is 158 g/mol. The molecular formula is C8H11NO3. The summed E-state index contributed by atoms with van der Waals surface area (Å²) in [6.07, 6.45) is 2.03. The maximum atomic E-state index is 10.0. The van der Waals surface area contributed by atoms with Gasteiger partial charge in [0.15, 0.2) is 0 Å². The molecule has 1 rings (SSSR count). The fourth-order valence-corrected chi connectivity index (χ4v) is 0.507. The highest BCUT2D eigenvalue weighted by atomic mass is 16.3. The van der Waals surface area contributed by atoms with Crippen LogP contribution in [0, 0.1) is 0 Å². The Morgan fingerprint density at radius 1 is 1.67 bits per heavy atom.